The molecule has 0 aromatic rings. The largest absolute Gasteiger partial charge is 0.352 e. The fourth-order valence-corrected chi connectivity index (χ4v) is 3.46. The van der Waals surface area contributed by atoms with Crippen LogP contribution in [0.5, 0.6) is 0 Å². The summed E-state index contributed by atoms with van der Waals surface area (Å²) in [6, 6.07) is 0.477. The van der Waals surface area contributed by atoms with Gasteiger partial charge in [0.05, 0.1) is 6.54 Å². The second-order valence-electron chi connectivity index (χ2n) is 5.65. The monoisotopic (exact) mass is 274 g/mol. The van der Waals surface area contributed by atoms with E-state index < -0.39 is 0 Å². The van der Waals surface area contributed by atoms with Gasteiger partial charge in [0.1, 0.15) is 0 Å². The lowest BCUT2D eigenvalue weighted by atomic mass is 9.68. The van der Waals surface area contributed by atoms with E-state index in [0.717, 1.165) is 24.9 Å². The van der Waals surface area contributed by atoms with Crippen molar-refractivity contribution in [1.29, 1.82) is 0 Å². The smallest absolute Gasteiger partial charge is 0.234 e. The summed E-state index contributed by atoms with van der Waals surface area (Å²) < 4.78 is 0. The lowest BCUT2D eigenvalue weighted by molar-refractivity contribution is -0.124. The first-order chi connectivity index (χ1) is 8.22. The average molecular weight is 275 g/mol. The van der Waals surface area contributed by atoms with E-state index in [4.69, 9.17) is 0 Å². The minimum atomic E-state index is 0. The van der Waals surface area contributed by atoms with Crippen LogP contribution >= 0.6 is 12.4 Å². The molecule has 4 heteroatoms. The van der Waals surface area contributed by atoms with Gasteiger partial charge in [0.2, 0.25) is 5.91 Å². The quantitative estimate of drug-likeness (QED) is 0.835. The molecule has 3 aliphatic rings. The van der Waals surface area contributed by atoms with Gasteiger partial charge >= 0.3 is 0 Å². The zero-order chi connectivity index (χ0) is 12.3. The van der Waals surface area contributed by atoms with Gasteiger partial charge in [-0.3, -0.25) is 9.69 Å². The van der Waals surface area contributed by atoms with Crippen LogP contribution in [0.25, 0.3) is 0 Å². The molecule has 0 aliphatic heterocycles. The van der Waals surface area contributed by atoms with Crippen LogP contribution in [0, 0.1) is 11.8 Å². The highest BCUT2D eigenvalue weighted by molar-refractivity contribution is 5.85. The second-order valence-corrected chi connectivity index (χ2v) is 5.65. The number of rotatable bonds is 5. The summed E-state index contributed by atoms with van der Waals surface area (Å²) in [6.45, 7) is 6.71. The first-order valence-corrected chi connectivity index (χ1v) is 7.24. The summed E-state index contributed by atoms with van der Waals surface area (Å²) in [6.07, 6.45) is 6.69. The van der Waals surface area contributed by atoms with Crippen LogP contribution in [0.1, 0.15) is 46.0 Å². The highest BCUT2D eigenvalue weighted by atomic mass is 35.5. The molecule has 1 N–H and O–H groups in total. The zero-order valence-corrected chi connectivity index (χ0v) is 12.5. The van der Waals surface area contributed by atoms with Crippen LogP contribution in [0.15, 0.2) is 0 Å². The Labute approximate surface area is 117 Å². The van der Waals surface area contributed by atoms with Gasteiger partial charge in [0, 0.05) is 6.04 Å². The normalized spacial score (nSPS) is 30.1. The van der Waals surface area contributed by atoms with Crippen molar-refractivity contribution in [2.75, 3.05) is 19.6 Å². The van der Waals surface area contributed by atoms with Gasteiger partial charge in [-0.15, -0.1) is 12.4 Å². The van der Waals surface area contributed by atoms with E-state index in [-0.39, 0.29) is 18.3 Å². The number of hydrogen-bond donors (Lipinski definition) is 1. The number of amides is 1. The third-order valence-corrected chi connectivity index (χ3v) is 4.66. The standard InChI is InChI=1S/C14H26N2O.ClH/c1-3-16(4-2)10-14(17)15-13-9-11-5-7-12(13)8-6-11;/h11-13H,3-10H2,1-2H3,(H,15,17);1H. The Hall–Kier alpha value is -0.280. The SMILES string of the molecule is CCN(CC)CC(=O)NC1CC2CCC1CC2.Cl. The van der Waals surface area contributed by atoms with Crippen molar-refractivity contribution in [1.82, 2.24) is 10.2 Å². The maximum atomic E-state index is 12.0. The summed E-state index contributed by atoms with van der Waals surface area (Å²) in [4.78, 5) is 14.1. The molecule has 0 aromatic carbocycles. The molecule has 2 bridgehead atoms. The van der Waals surface area contributed by atoms with Crippen LogP contribution in [0.3, 0.4) is 0 Å². The Morgan fingerprint density at radius 1 is 1.17 bits per heavy atom. The van der Waals surface area contributed by atoms with Crippen LogP contribution < -0.4 is 5.32 Å². The highest BCUT2D eigenvalue weighted by Crippen LogP contribution is 2.41. The van der Waals surface area contributed by atoms with Crippen LogP contribution in [0.4, 0.5) is 0 Å². The molecule has 3 rings (SSSR count). The third-order valence-electron chi connectivity index (χ3n) is 4.66. The van der Waals surface area contributed by atoms with Crippen molar-refractivity contribution >= 4 is 18.3 Å². The van der Waals surface area contributed by atoms with Crippen molar-refractivity contribution in [3.8, 4) is 0 Å². The topological polar surface area (TPSA) is 32.3 Å². The number of nitrogens with zero attached hydrogens (tertiary/aromatic N) is 1. The van der Waals surface area contributed by atoms with E-state index >= 15 is 0 Å². The molecule has 3 nitrogen and oxygen atoms in total. The highest BCUT2D eigenvalue weighted by Gasteiger charge is 2.36. The van der Waals surface area contributed by atoms with Gasteiger partial charge in [-0.25, -0.2) is 0 Å². The lowest BCUT2D eigenvalue weighted by Crippen LogP contribution is -2.49. The maximum absolute atomic E-state index is 12.0. The van der Waals surface area contributed by atoms with Crippen LogP contribution in [0.2, 0.25) is 0 Å². The number of nitrogens with one attached hydrogen (secondary N) is 1. The molecule has 0 aromatic heterocycles. The van der Waals surface area contributed by atoms with Crippen molar-refractivity contribution in [2.24, 2.45) is 11.8 Å². The molecular weight excluding hydrogens is 248 g/mol. The van der Waals surface area contributed by atoms with Crippen molar-refractivity contribution in [2.45, 2.75) is 52.0 Å². The molecule has 0 radical (unpaired) electrons. The Bertz CT molecular complexity index is 261. The fraction of sp³-hybridized carbons (Fsp3) is 0.929. The fourth-order valence-electron chi connectivity index (χ4n) is 3.46. The molecule has 1 atom stereocenters. The molecular formula is C14H27ClN2O. The minimum absolute atomic E-state index is 0. The van der Waals surface area contributed by atoms with Gasteiger partial charge < -0.3 is 5.32 Å². The number of halogens is 1. The zero-order valence-electron chi connectivity index (χ0n) is 11.7. The van der Waals surface area contributed by atoms with Gasteiger partial charge in [-0.2, -0.15) is 0 Å². The molecule has 3 aliphatic carbocycles. The van der Waals surface area contributed by atoms with Crippen molar-refractivity contribution in [3.05, 3.63) is 0 Å². The van der Waals surface area contributed by atoms with E-state index in [1.54, 1.807) is 0 Å². The number of fused-ring (bicyclic) bond motifs is 3. The van der Waals surface area contributed by atoms with Crippen molar-refractivity contribution < 1.29 is 4.79 Å². The average Bonchev–Trinajstić information content (AvgIpc) is 2.37. The predicted octanol–water partition coefficient (Wildman–Crippen LogP) is 2.44. The second kappa shape index (κ2) is 7.34. The summed E-state index contributed by atoms with van der Waals surface area (Å²) in [7, 11) is 0. The Kier molecular flexibility index (Phi) is 6.44. The first-order valence-electron chi connectivity index (χ1n) is 7.24. The summed E-state index contributed by atoms with van der Waals surface area (Å²) in [5, 5.41) is 3.27. The summed E-state index contributed by atoms with van der Waals surface area (Å²) >= 11 is 0. The lowest BCUT2D eigenvalue weighted by Gasteiger charge is -2.42. The number of carbonyl (C=O) groups is 1. The minimum Gasteiger partial charge on any atom is -0.352 e. The molecule has 0 heterocycles. The van der Waals surface area contributed by atoms with E-state index in [9.17, 15) is 4.79 Å². The Balaban J connectivity index is 0.00000162. The molecule has 1 amide bonds. The van der Waals surface area contributed by atoms with Crippen LogP contribution in [-0.4, -0.2) is 36.5 Å². The van der Waals surface area contributed by atoms with Gasteiger partial charge in [-0.05, 0) is 44.2 Å². The molecule has 106 valence electrons. The van der Waals surface area contributed by atoms with Crippen LogP contribution in [-0.2, 0) is 4.79 Å². The number of carbonyl (C=O) groups excluding carboxylic acids is 1. The molecule has 3 saturated carbocycles. The molecule has 18 heavy (non-hydrogen) atoms. The van der Waals surface area contributed by atoms with Crippen molar-refractivity contribution in [3.63, 3.8) is 0 Å². The van der Waals surface area contributed by atoms with Gasteiger partial charge in [0.25, 0.3) is 0 Å². The van der Waals surface area contributed by atoms with E-state index in [1.165, 1.54) is 32.1 Å². The number of likely N-dealkylation sites (N-methyl/N-ethyl adjacent to an activating group) is 1. The third kappa shape index (κ3) is 3.86. The van der Waals surface area contributed by atoms with E-state index in [1.807, 2.05) is 0 Å². The number of hydrogen-bond acceptors (Lipinski definition) is 2. The van der Waals surface area contributed by atoms with E-state index in [0.29, 0.717) is 12.6 Å². The maximum Gasteiger partial charge on any atom is 0.234 e. The molecule has 0 saturated heterocycles. The summed E-state index contributed by atoms with van der Waals surface area (Å²) in [5.41, 5.74) is 0. The molecule has 3 fully saturated rings. The van der Waals surface area contributed by atoms with Gasteiger partial charge in [0.15, 0.2) is 0 Å². The molecule has 0 spiro atoms. The summed E-state index contributed by atoms with van der Waals surface area (Å²) in [5.74, 6) is 1.88. The van der Waals surface area contributed by atoms with Gasteiger partial charge in [-0.1, -0.05) is 26.7 Å². The predicted molar refractivity (Wildman–Crippen MR) is 77.0 cm³/mol. The van der Waals surface area contributed by atoms with E-state index in [2.05, 4.69) is 24.1 Å². The Morgan fingerprint density at radius 2 is 1.78 bits per heavy atom. The molecule has 1 unspecified atom stereocenters. The first kappa shape index (κ1) is 15.8. The Morgan fingerprint density at radius 3 is 2.22 bits per heavy atom.